The first-order valence-corrected chi connectivity index (χ1v) is 7.22. The summed E-state index contributed by atoms with van der Waals surface area (Å²) in [7, 11) is 0. The van der Waals surface area contributed by atoms with Crippen LogP contribution in [0.1, 0.15) is 59.3 Å². The summed E-state index contributed by atoms with van der Waals surface area (Å²) in [5, 5.41) is 6.95. The molecule has 2 N–H and O–H groups in total. The van der Waals surface area contributed by atoms with Gasteiger partial charge in [-0.1, -0.05) is 40.0 Å². The Hall–Kier alpha value is -0.0800. The fourth-order valence-corrected chi connectivity index (χ4v) is 1.81. The maximum absolute atomic E-state index is 3.53. The second-order valence-electron chi connectivity index (χ2n) is 4.89. The second-order valence-corrected chi connectivity index (χ2v) is 4.89. The summed E-state index contributed by atoms with van der Waals surface area (Å²) in [6.07, 6.45) is 7.95. The standard InChI is InChI=1S/C14H32N2/c1-4-6-8-14(3)9-13-16-12-7-11-15-10-5-2/h14-16H,4-13H2,1-3H3. The van der Waals surface area contributed by atoms with E-state index in [4.69, 9.17) is 0 Å². The van der Waals surface area contributed by atoms with Crippen LogP contribution >= 0.6 is 0 Å². The zero-order valence-corrected chi connectivity index (χ0v) is 11.6. The molecule has 0 radical (unpaired) electrons. The summed E-state index contributed by atoms with van der Waals surface area (Å²) in [5.74, 6) is 0.894. The molecule has 0 aliphatic rings. The van der Waals surface area contributed by atoms with Crippen LogP contribution in [0.2, 0.25) is 0 Å². The van der Waals surface area contributed by atoms with Crippen molar-refractivity contribution in [1.29, 1.82) is 0 Å². The van der Waals surface area contributed by atoms with Crippen LogP contribution in [0.3, 0.4) is 0 Å². The van der Waals surface area contributed by atoms with Crippen molar-refractivity contribution < 1.29 is 0 Å². The number of rotatable bonds is 12. The first-order valence-electron chi connectivity index (χ1n) is 7.22. The molecule has 0 rings (SSSR count). The van der Waals surface area contributed by atoms with E-state index in [-0.39, 0.29) is 0 Å². The molecule has 98 valence electrons. The number of hydrogen-bond donors (Lipinski definition) is 2. The van der Waals surface area contributed by atoms with E-state index in [1.54, 1.807) is 0 Å². The molecule has 0 saturated heterocycles. The molecule has 1 unspecified atom stereocenters. The van der Waals surface area contributed by atoms with E-state index >= 15 is 0 Å². The summed E-state index contributed by atoms with van der Waals surface area (Å²) in [6, 6.07) is 0. The summed E-state index contributed by atoms with van der Waals surface area (Å²) in [6.45, 7) is 11.5. The Kier molecular flexibility index (Phi) is 12.9. The van der Waals surface area contributed by atoms with Crippen LogP contribution in [-0.2, 0) is 0 Å². The molecule has 0 aliphatic carbocycles. The third-order valence-corrected chi connectivity index (χ3v) is 3.00. The molecule has 0 heterocycles. The quantitative estimate of drug-likeness (QED) is 0.501. The maximum Gasteiger partial charge on any atom is -0.00368 e. The highest BCUT2D eigenvalue weighted by atomic mass is 14.9. The first-order chi connectivity index (χ1) is 7.81. The van der Waals surface area contributed by atoms with Gasteiger partial charge in [-0.2, -0.15) is 0 Å². The average Bonchev–Trinajstić information content (AvgIpc) is 2.30. The molecule has 0 aromatic rings. The summed E-state index contributed by atoms with van der Waals surface area (Å²) < 4.78 is 0. The topological polar surface area (TPSA) is 24.1 Å². The molecule has 0 fully saturated rings. The van der Waals surface area contributed by atoms with Gasteiger partial charge in [0.25, 0.3) is 0 Å². The molecule has 1 atom stereocenters. The number of unbranched alkanes of at least 4 members (excludes halogenated alkanes) is 1. The van der Waals surface area contributed by atoms with Gasteiger partial charge in [0, 0.05) is 0 Å². The normalized spacial score (nSPS) is 12.9. The minimum absolute atomic E-state index is 0.894. The SMILES string of the molecule is CCCCC(C)CCNCCCNCCC. The van der Waals surface area contributed by atoms with Gasteiger partial charge in [0.15, 0.2) is 0 Å². The van der Waals surface area contributed by atoms with Crippen molar-refractivity contribution in [3.8, 4) is 0 Å². The van der Waals surface area contributed by atoms with Gasteiger partial charge >= 0.3 is 0 Å². The van der Waals surface area contributed by atoms with Crippen molar-refractivity contribution >= 4 is 0 Å². The fraction of sp³-hybridized carbons (Fsp3) is 1.00. The second kappa shape index (κ2) is 13.0. The number of nitrogens with one attached hydrogen (secondary N) is 2. The van der Waals surface area contributed by atoms with E-state index in [1.807, 2.05) is 0 Å². The van der Waals surface area contributed by atoms with Crippen LogP contribution in [0, 0.1) is 5.92 Å². The van der Waals surface area contributed by atoms with Crippen LogP contribution in [-0.4, -0.2) is 26.2 Å². The minimum atomic E-state index is 0.894. The molecule has 0 bridgehead atoms. The molecule has 2 heteroatoms. The predicted molar refractivity (Wildman–Crippen MR) is 74.0 cm³/mol. The maximum atomic E-state index is 3.53. The van der Waals surface area contributed by atoms with Crippen molar-refractivity contribution in [1.82, 2.24) is 10.6 Å². The molecule has 2 nitrogen and oxygen atoms in total. The summed E-state index contributed by atoms with van der Waals surface area (Å²) in [4.78, 5) is 0. The van der Waals surface area contributed by atoms with Gasteiger partial charge in [0.1, 0.15) is 0 Å². The van der Waals surface area contributed by atoms with Crippen molar-refractivity contribution in [3.05, 3.63) is 0 Å². The Labute approximate surface area is 103 Å². The summed E-state index contributed by atoms with van der Waals surface area (Å²) in [5.41, 5.74) is 0. The lowest BCUT2D eigenvalue weighted by atomic mass is 10.0. The van der Waals surface area contributed by atoms with Gasteiger partial charge in [-0.15, -0.1) is 0 Å². The zero-order valence-electron chi connectivity index (χ0n) is 11.6. The highest BCUT2D eigenvalue weighted by molar-refractivity contribution is 4.57. The Balaban J connectivity index is 3.02. The lowest BCUT2D eigenvalue weighted by molar-refractivity contribution is 0.451. The third-order valence-electron chi connectivity index (χ3n) is 3.00. The smallest absolute Gasteiger partial charge is 0.00368 e. The lowest BCUT2D eigenvalue weighted by Crippen LogP contribution is -2.23. The van der Waals surface area contributed by atoms with Crippen molar-refractivity contribution in [2.75, 3.05) is 26.2 Å². The van der Waals surface area contributed by atoms with Gasteiger partial charge < -0.3 is 10.6 Å². The monoisotopic (exact) mass is 228 g/mol. The largest absolute Gasteiger partial charge is 0.317 e. The number of hydrogen-bond acceptors (Lipinski definition) is 2. The Morgan fingerprint density at radius 3 is 2.06 bits per heavy atom. The van der Waals surface area contributed by atoms with E-state index < -0.39 is 0 Å². The van der Waals surface area contributed by atoms with E-state index in [2.05, 4.69) is 31.4 Å². The molecular weight excluding hydrogens is 196 g/mol. The third kappa shape index (κ3) is 12.0. The van der Waals surface area contributed by atoms with Gasteiger partial charge in [-0.3, -0.25) is 0 Å². The molecule has 0 aromatic heterocycles. The molecule has 0 aromatic carbocycles. The molecule has 0 spiro atoms. The lowest BCUT2D eigenvalue weighted by Gasteiger charge is -2.11. The van der Waals surface area contributed by atoms with E-state index in [1.165, 1.54) is 45.1 Å². The van der Waals surface area contributed by atoms with Crippen LogP contribution in [0.15, 0.2) is 0 Å². The van der Waals surface area contributed by atoms with Crippen LogP contribution in [0.5, 0.6) is 0 Å². The van der Waals surface area contributed by atoms with Crippen molar-refractivity contribution in [2.45, 2.75) is 59.3 Å². The van der Waals surface area contributed by atoms with E-state index in [9.17, 15) is 0 Å². The summed E-state index contributed by atoms with van der Waals surface area (Å²) >= 11 is 0. The Bertz CT molecular complexity index is 126. The molecule has 16 heavy (non-hydrogen) atoms. The van der Waals surface area contributed by atoms with Gasteiger partial charge in [-0.05, 0) is 51.4 Å². The average molecular weight is 228 g/mol. The molecular formula is C14H32N2. The zero-order chi connectivity index (χ0) is 12.1. The Morgan fingerprint density at radius 2 is 1.44 bits per heavy atom. The van der Waals surface area contributed by atoms with Gasteiger partial charge in [0.05, 0.1) is 0 Å². The van der Waals surface area contributed by atoms with Crippen LogP contribution in [0.25, 0.3) is 0 Å². The van der Waals surface area contributed by atoms with Gasteiger partial charge in [0.2, 0.25) is 0 Å². The van der Waals surface area contributed by atoms with Crippen LogP contribution < -0.4 is 10.6 Å². The molecule has 0 aliphatic heterocycles. The molecule has 0 amide bonds. The van der Waals surface area contributed by atoms with Crippen molar-refractivity contribution in [2.24, 2.45) is 5.92 Å². The fourth-order valence-electron chi connectivity index (χ4n) is 1.81. The minimum Gasteiger partial charge on any atom is -0.317 e. The van der Waals surface area contributed by atoms with Gasteiger partial charge in [-0.25, -0.2) is 0 Å². The molecule has 0 saturated carbocycles. The predicted octanol–water partition coefficient (Wildman–Crippen LogP) is 3.18. The van der Waals surface area contributed by atoms with Crippen LogP contribution in [0.4, 0.5) is 0 Å². The first kappa shape index (κ1) is 15.9. The highest BCUT2D eigenvalue weighted by Crippen LogP contribution is 2.10. The Morgan fingerprint density at radius 1 is 0.750 bits per heavy atom. The van der Waals surface area contributed by atoms with E-state index in [0.717, 1.165) is 25.6 Å². The van der Waals surface area contributed by atoms with E-state index in [0.29, 0.717) is 0 Å². The van der Waals surface area contributed by atoms with Crippen molar-refractivity contribution in [3.63, 3.8) is 0 Å². The highest BCUT2D eigenvalue weighted by Gasteiger charge is 2.00.